The number of carbonyl (C=O) groups is 2. The molecule has 20 heteroatoms. The van der Waals surface area contributed by atoms with Crippen LogP contribution in [0.5, 0.6) is 0 Å². The zero-order chi connectivity index (χ0) is 53.2. The number of carbonyl (C=O) groups excluding carboxylic acids is 2. The minimum absolute atomic E-state index is 0.120. The van der Waals surface area contributed by atoms with Crippen LogP contribution in [0.4, 0.5) is 56.1 Å². The summed E-state index contributed by atoms with van der Waals surface area (Å²) < 4.78 is 106. The fourth-order valence-electron chi connectivity index (χ4n) is 10.6. The van der Waals surface area contributed by atoms with Gasteiger partial charge in [-0.25, -0.2) is 18.4 Å². The van der Waals surface area contributed by atoms with Gasteiger partial charge in [-0.2, -0.15) is 36.9 Å². The lowest BCUT2D eigenvalue weighted by molar-refractivity contribution is -0.140. The van der Waals surface area contributed by atoms with Crippen molar-refractivity contribution in [2.75, 3.05) is 63.0 Å². The van der Waals surface area contributed by atoms with Crippen LogP contribution >= 0.6 is 0 Å². The molecule has 2 aliphatic heterocycles. The first kappa shape index (κ1) is 55.4. The largest absolute Gasteiger partial charge is 0.419 e. The highest BCUT2D eigenvalue weighted by molar-refractivity contribution is 5.90. The van der Waals surface area contributed by atoms with E-state index in [-0.39, 0.29) is 35.3 Å². The van der Waals surface area contributed by atoms with E-state index in [0.717, 1.165) is 48.9 Å². The fraction of sp³-hybridized carbons (Fsp3) is 0.481. The molecule has 0 aromatic heterocycles. The van der Waals surface area contributed by atoms with E-state index in [0.29, 0.717) is 126 Å². The van der Waals surface area contributed by atoms with Crippen LogP contribution in [-0.2, 0) is 12.4 Å². The van der Waals surface area contributed by atoms with Gasteiger partial charge in [-0.3, -0.25) is 9.80 Å². The molecule has 0 radical (unpaired) electrons. The highest BCUT2D eigenvalue weighted by Crippen LogP contribution is 2.39. The minimum Gasteiger partial charge on any atom is -0.392 e. The Morgan fingerprint density at radius 1 is 0.568 bits per heavy atom. The van der Waals surface area contributed by atoms with Crippen molar-refractivity contribution >= 4 is 23.4 Å². The SMILES string of the molecule is N#Cc1cccc(C2CCC(N(CCN3CC[C@@H](O)C3)C(=O)Nc3ccc(F)c(C(F)(F)F)c3)CC2)c1.N#Cc1cccc(C2CCC(N(CCN3CC[C@@H](O)C3)C(=O)Nc3ccc(F)c(C(F)(F)F)c3)CC2)c1. The number of amides is 4. The van der Waals surface area contributed by atoms with Crippen LogP contribution in [0.2, 0.25) is 0 Å². The van der Waals surface area contributed by atoms with Gasteiger partial charge in [0.25, 0.3) is 0 Å². The van der Waals surface area contributed by atoms with Crippen molar-refractivity contribution in [1.82, 2.24) is 19.6 Å². The molecule has 4 aromatic rings. The lowest BCUT2D eigenvalue weighted by atomic mass is 9.81. The maximum Gasteiger partial charge on any atom is 0.419 e. The molecule has 2 aliphatic carbocycles. The van der Waals surface area contributed by atoms with Crippen molar-refractivity contribution in [3.05, 3.63) is 130 Å². The number of nitrogens with one attached hydrogen (secondary N) is 2. The molecule has 12 nitrogen and oxygen atoms in total. The normalized spacial score (nSPS) is 22.4. The third kappa shape index (κ3) is 14.9. The number of alkyl halides is 6. The highest BCUT2D eigenvalue weighted by atomic mass is 19.4. The molecule has 2 saturated carbocycles. The van der Waals surface area contributed by atoms with Crippen LogP contribution in [0.1, 0.15) is 109 Å². The molecule has 2 atom stereocenters. The summed E-state index contributed by atoms with van der Waals surface area (Å²) in [6.07, 6.45) is -3.19. The van der Waals surface area contributed by atoms with Crippen molar-refractivity contribution in [3.63, 3.8) is 0 Å². The standard InChI is InChI=1S/2C27H30F4N4O2/c2*28-25-9-6-21(15-24(25)27(29,30)31)33-26(37)35(13-12-34-11-10-23(36)17-34)22-7-4-19(5-8-22)20-3-1-2-18(14-20)16-32/h2*1-3,6,9,14-15,19,22-23,36H,4-5,7-8,10-13,17H2,(H,33,37)/t2*19?,22?,23-/m11/s1. The summed E-state index contributed by atoms with van der Waals surface area (Å²) in [7, 11) is 0. The lowest BCUT2D eigenvalue weighted by Gasteiger charge is -2.38. The highest BCUT2D eigenvalue weighted by Gasteiger charge is 2.37. The predicted molar refractivity (Wildman–Crippen MR) is 261 cm³/mol. The second-order valence-electron chi connectivity index (χ2n) is 19.6. The van der Waals surface area contributed by atoms with Gasteiger partial charge >= 0.3 is 24.4 Å². The Bertz CT molecular complexity index is 2460. The van der Waals surface area contributed by atoms with Crippen molar-refractivity contribution in [1.29, 1.82) is 10.5 Å². The Kier molecular flexibility index (Phi) is 18.6. The molecule has 396 valence electrons. The first-order valence-corrected chi connectivity index (χ1v) is 25.0. The van der Waals surface area contributed by atoms with Crippen LogP contribution < -0.4 is 10.6 Å². The van der Waals surface area contributed by atoms with Crippen LogP contribution in [0.25, 0.3) is 0 Å². The van der Waals surface area contributed by atoms with Gasteiger partial charge in [-0.05, 0) is 148 Å². The van der Waals surface area contributed by atoms with Crippen LogP contribution in [0.15, 0.2) is 84.9 Å². The van der Waals surface area contributed by atoms with Gasteiger partial charge in [0.2, 0.25) is 0 Å². The second-order valence-corrected chi connectivity index (χ2v) is 19.6. The molecule has 8 rings (SSSR count). The molecule has 2 heterocycles. The van der Waals surface area contributed by atoms with Crippen LogP contribution in [-0.4, -0.2) is 119 Å². The fourth-order valence-corrected chi connectivity index (χ4v) is 10.6. The van der Waals surface area contributed by atoms with Gasteiger partial charge in [0.05, 0.1) is 46.6 Å². The van der Waals surface area contributed by atoms with E-state index in [4.69, 9.17) is 0 Å². The number of nitriles is 2. The zero-order valence-electron chi connectivity index (χ0n) is 40.7. The first-order chi connectivity index (χ1) is 35.3. The van der Waals surface area contributed by atoms with E-state index in [9.17, 15) is 65.4 Å². The van der Waals surface area contributed by atoms with Crippen molar-refractivity contribution < 1.29 is 54.9 Å². The molecule has 0 unspecified atom stereocenters. The zero-order valence-corrected chi connectivity index (χ0v) is 40.7. The number of hydrogen-bond acceptors (Lipinski definition) is 8. The third-order valence-electron chi connectivity index (χ3n) is 14.6. The quantitative estimate of drug-likeness (QED) is 0.102. The number of aliphatic hydroxyl groups excluding tert-OH is 2. The number of anilines is 2. The first-order valence-electron chi connectivity index (χ1n) is 25.0. The topological polar surface area (TPSA) is 159 Å². The second kappa shape index (κ2) is 24.8. The Balaban J connectivity index is 0.000000216. The predicted octanol–water partition coefficient (Wildman–Crippen LogP) is 10.7. The average Bonchev–Trinajstić information content (AvgIpc) is 4.01. The number of halogens is 8. The van der Waals surface area contributed by atoms with E-state index in [2.05, 4.69) is 32.6 Å². The van der Waals surface area contributed by atoms with Crippen LogP contribution in [0, 0.1) is 34.3 Å². The maximum absolute atomic E-state index is 13.7. The summed E-state index contributed by atoms with van der Waals surface area (Å²) in [5, 5.41) is 43.1. The number of rotatable bonds is 12. The number of urea groups is 2. The van der Waals surface area contributed by atoms with E-state index in [1.54, 1.807) is 21.9 Å². The van der Waals surface area contributed by atoms with Crippen molar-refractivity contribution in [2.45, 2.75) is 113 Å². The summed E-state index contributed by atoms with van der Waals surface area (Å²) in [5.41, 5.74) is 0.281. The summed E-state index contributed by atoms with van der Waals surface area (Å²) >= 11 is 0. The van der Waals surface area contributed by atoms with Gasteiger partial charge < -0.3 is 30.6 Å². The number of nitrogens with zero attached hydrogens (tertiary/aromatic N) is 6. The number of benzene rings is 4. The maximum atomic E-state index is 13.7. The number of likely N-dealkylation sites (tertiary alicyclic amines) is 2. The Morgan fingerprint density at radius 2 is 0.946 bits per heavy atom. The molecule has 2 saturated heterocycles. The molecule has 74 heavy (non-hydrogen) atoms. The summed E-state index contributed by atoms with van der Waals surface area (Å²) in [5.74, 6) is -2.27. The molecule has 4 fully saturated rings. The monoisotopic (exact) mass is 1040 g/mol. The minimum atomic E-state index is -4.87. The molecular formula is C54H60F8N8O4. The Hall–Kier alpha value is -6.32. The molecule has 0 bridgehead atoms. The molecule has 4 amide bonds. The Morgan fingerprint density at radius 3 is 1.27 bits per heavy atom. The smallest absolute Gasteiger partial charge is 0.392 e. The average molecular weight is 1040 g/mol. The summed E-state index contributed by atoms with van der Waals surface area (Å²) in [4.78, 5) is 34.0. The number of hydrogen-bond donors (Lipinski definition) is 4. The molecular weight excluding hydrogens is 977 g/mol. The van der Waals surface area contributed by atoms with Crippen molar-refractivity contribution in [3.8, 4) is 12.1 Å². The van der Waals surface area contributed by atoms with E-state index >= 15 is 0 Å². The molecule has 0 spiro atoms. The lowest BCUT2D eigenvalue weighted by Crippen LogP contribution is -2.47. The van der Waals surface area contributed by atoms with Crippen molar-refractivity contribution in [2.24, 2.45) is 0 Å². The molecule has 4 N–H and O–H groups in total. The number of aliphatic hydroxyl groups is 2. The van der Waals surface area contributed by atoms with Crippen LogP contribution in [0.3, 0.4) is 0 Å². The number of β-amino-alcohol motifs (C(OH)–C–C–N with tert-alkyl or cyclic N) is 2. The van der Waals surface area contributed by atoms with E-state index in [1.807, 2.05) is 36.4 Å². The third-order valence-corrected chi connectivity index (χ3v) is 14.6. The van der Waals surface area contributed by atoms with E-state index < -0.39 is 59.4 Å². The van der Waals surface area contributed by atoms with E-state index in [1.165, 1.54) is 0 Å². The molecule has 4 aromatic carbocycles. The van der Waals surface area contributed by atoms with Gasteiger partial charge in [-0.1, -0.05) is 24.3 Å². The summed E-state index contributed by atoms with van der Waals surface area (Å²) in [6.45, 7) is 4.24. The van der Waals surface area contributed by atoms with Gasteiger partial charge in [-0.15, -0.1) is 0 Å². The summed E-state index contributed by atoms with van der Waals surface area (Å²) in [6, 6.07) is 22.9. The van der Waals surface area contributed by atoms with Gasteiger partial charge in [0.1, 0.15) is 11.6 Å². The molecule has 4 aliphatic rings. The van der Waals surface area contributed by atoms with Gasteiger partial charge in [0.15, 0.2) is 0 Å². The Labute approximate surface area is 425 Å². The van der Waals surface area contributed by atoms with Gasteiger partial charge in [0, 0.05) is 75.8 Å².